The smallest absolute Gasteiger partial charge is 0.254 e. The number of amides is 1. The largest absolute Gasteiger partial charge is 0.337 e. The summed E-state index contributed by atoms with van der Waals surface area (Å²) in [5.74, 6) is 0.373. The van der Waals surface area contributed by atoms with Crippen LogP contribution in [0.2, 0.25) is 0 Å². The van der Waals surface area contributed by atoms with Crippen LogP contribution in [0.5, 0.6) is 0 Å². The maximum Gasteiger partial charge on any atom is 0.254 e. The van der Waals surface area contributed by atoms with Gasteiger partial charge in [0.15, 0.2) is 0 Å². The van der Waals surface area contributed by atoms with Crippen molar-refractivity contribution in [2.24, 2.45) is 11.3 Å². The molecule has 0 aliphatic carbocycles. The molecule has 1 amide bonds. The molecule has 1 aromatic heterocycles. The molecule has 1 aliphatic heterocycles. The number of benzene rings is 1. The number of aromatic nitrogens is 2. The van der Waals surface area contributed by atoms with Gasteiger partial charge in [0.2, 0.25) is 5.91 Å². The summed E-state index contributed by atoms with van der Waals surface area (Å²) in [6, 6.07) is 11.3. The van der Waals surface area contributed by atoms with E-state index < -0.39 is 0 Å². The molecule has 0 radical (unpaired) electrons. The molecular weight excluding hydrogens is 314 g/mol. The highest BCUT2D eigenvalue weighted by atomic mass is 16.2. The maximum atomic E-state index is 12.6. The average Bonchev–Trinajstić information content (AvgIpc) is 2.55. The van der Waals surface area contributed by atoms with Crippen LogP contribution in [0.1, 0.15) is 27.7 Å². The first kappa shape index (κ1) is 17.4. The summed E-state index contributed by atoms with van der Waals surface area (Å²) in [6.45, 7) is 9.41. The lowest BCUT2D eigenvalue weighted by atomic mass is 9.70. The molecule has 1 unspecified atom stereocenters. The van der Waals surface area contributed by atoms with Crippen molar-refractivity contribution in [1.82, 2.24) is 14.5 Å². The zero-order chi connectivity index (χ0) is 18.2. The van der Waals surface area contributed by atoms with Gasteiger partial charge in [-0.05, 0) is 5.92 Å². The van der Waals surface area contributed by atoms with E-state index in [0.717, 1.165) is 12.1 Å². The van der Waals surface area contributed by atoms with E-state index in [4.69, 9.17) is 0 Å². The molecule has 0 N–H and O–H groups in total. The van der Waals surface area contributed by atoms with Crippen LogP contribution in [0.3, 0.4) is 0 Å². The highest BCUT2D eigenvalue weighted by Crippen LogP contribution is 2.41. The molecule has 1 aromatic carbocycles. The quantitative estimate of drug-likeness (QED) is 0.861. The highest BCUT2D eigenvalue weighted by molar-refractivity contribution is 5.77. The van der Waals surface area contributed by atoms with Gasteiger partial charge in [-0.2, -0.15) is 0 Å². The van der Waals surface area contributed by atoms with Crippen molar-refractivity contribution in [3.63, 3.8) is 0 Å². The zero-order valence-corrected chi connectivity index (χ0v) is 15.3. The second kappa shape index (κ2) is 6.47. The van der Waals surface area contributed by atoms with Crippen LogP contribution in [0, 0.1) is 11.3 Å². The number of hydrogen-bond donors (Lipinski definition) is 0. The van der Waals surface area contributed by atoms with Gasteiger partial charge >= 0.3 is 0 Å². The van der Waals surface area contributed by atoms with Crippen molar-refractivity contribution in [2.75, 3.05) is 6.54 Å². The van der Waals surface area contributed by atoms with Crippen molar-refractivity contribution in [3.05, 3.63) is 53.1 Å². The summed E-state index contributed by atoms with van der Waals surface area (Å²) in [4.78, 5) is 31.2. The Labute approximate surface area is 148 Å². The molecular formula is C20H25N3O2. The lowest BCUT2D eigenvalue weighted by Gasteiger charge is -2.56. The number of carbonyl (C=O) groups is 1. The van der Waals surface area contributed by atoms with Crippen LogP contribution < -0.4 is 5.56 Å². The molecule has 1 saturated heterocycles. The summed E-state index contributed by atoms with van der Waals surface area (Å²) >= 11 is 0. The minimum Gasteiger partial charge on any atom is -0.337 e. The number of hydrogen-bond acceptors (Lipinski definition) is 3. The van der Waals surface area contributed by atoms with Crippen molar-refractivity contribution in [3.8, 4) is 11.3 Å². The van der Waals surface area contributed by atoms with Gasteiger partial charge in [0.05, 0.1) is 12.0 Å². The fraction of sp³-hybridized carbons (Fsp3) is 0.450. The van der Waals surface area contributed by atoms with Crippen molar-refractivity contribution < 1.29 is 4.79 Å². The first-order chi connectivity index (χ1) is 11.8. The maximum absolute atomic E-state index is 12.6. The highest BCUT2D eigenvalue weighted by Gasteiger charge is 2.49. The number of carbonyl (C=O) groups excluding carboxylic acids is 1. The second-order valence-electron chi connectivity index (χ2n) is 7.81. The van der Waals surface area contributed by atoms with Crippen LogP contribution in [-0.4, -0.2) is 32.9 Å². The Bertz CT molecular complexity index is 824. The van der Waals surface area contributed by atoms with Gasteiger partial charge in [0, 0.05) is 29.6 Å². The normalized spacial score (nSPS) is 18.9. The van der Waals surface area contributed by atoms with Crippen LogP contribution in [0.15, 0.2) is 47.5 Å². The molecule has 5 nitrogen and oxygen atoms in total. The SMILES string of the molecule is CC(C)C1N(C(=O)Cn2cnc(-c3ccccc3)cc2=O)CC1(C)C. The zero-order valence-electron chi connectivity index (χ0n) is 15.3. The molecule has 1 fully saturated rings. The molecule has 0 bridgehead atoms. The Morgan fingerprint density at radius 3 is 2.52 bits per heavy atom. The van der Waals surface area contributed by atoms with Crippen molar-refractivity contribution >= 4 is 5.91 Å². The Morgan fingerprint density at radius 2 is 1.96 bits per heavy atom. The average molecular weight is 339 g/mol. The topological polar surface area (TPSA) is 55.2 Å². The van der Waals surface area contributed by atoms with Gasteiger partial charge < -0.3 is 4.90 Å². The lowest BCUT2D eigenvalue weighted by molar-refractivity contribution is -0.156. The minimum absolute atomic E-state index is 0.0191. The molecule has 0 saturated carbocycles. The van der Waals surface area contributed by atoms with E-state index in [1.165, 1.54) is 17.0 Å². The van der Waals surface area contributed by atoms with Gasteiger partial charge in [0.1, 0.15) is 6.54 Å². The number of nitrogens with zero attached hydrogens (tertiary/aromatic N) is 3. The van der Waals surface area contributed by atoms with Crippen LogP contribution in [0.25, 0.3) is 11.3 Å². The Hall–Kier alpha value is -2.43. The van der Waals surface area contributed by atoms with Crippen molar-refractivity contribution in [1.29, 1.82) is 0 Å². The second-order valence-corrected chi connectivity index (χ2v) is 7.81. The summed E-state index contributed by atoms with van der Waals surface area (Å²) in [7, 11) is 0. The number of likely N-dealkylation sites (tertiary alicyclic amines) is 1. The molecule has 1 aliphatic rings. The molecule has 132 valence electrons. The van der Waals surface area contributed by atoms with Gasteiger partial charge in [-0.3, -0.25) is 14.2 Å². The van der Waals surface area contributed by atoms with Crippen molar-refractivity contribution in [2.45, 2.75) is 40.3 Å². The first-order valence-electron chi connectivity index (χ1n) is 8.71. The fourth-order valence-electron chi connectivity index (χ4n) is 3.99. The molecule has 0 spiro atoms. The summed E-state index contributed by atoms with van der Waals surface area (Å²) < 4.78 is 1.39. The Balaban J connectivity index is 1.76. The van der Waals surface area contributed by atoms with E-state index in [1.54, 1.807) is 0 Å². The minimum atomic E-state index is -0.205. The third-order valence-electron chi connectivity index (χ3n) is 4.92. The summed E-state index contributed by atoms with van der Waals surface area (Å²) in [5, 5.41) is 0. The third-order valence-corrected chi connectivity index (χ3v) is 4.92. The van der Waals surface area contributed by atoms with Gasteiger partial charge in [0.25, 0.3) is 5.56 Å². The van der Waals surface area contributed by atoms with Crippen LogP contribution in [0.4, 0.5) is 0 Å². The predicted octanol–water partition coefficient (Wildman–Crippen LogP) is 2.80. The Kier molecular flexibility index (Phi) is 4.50. The standard InChI is InChI=1S/C20H25N3O2/c1-14(2)19-20(3,4)12-23(19)18(25)11-22-13-21-16(10-17(22)24)15-8-6-5-7-9-15/h5-10,13-14,19H,11-12H2,1-4H3. The van der Waals surface area contributed by atoms with Crippen LogP contribution >= 0.6 is 0 Å². The summed E-state index contributed by atoms with van der Waals surface area (Å²) in [6.07, 6.45) is 1.47. The molecule has 25 heavy (non-hydrogen) atoms. The van der Waals surface area contributed by atoms with E-state index in [2.05, 4.69) is 32.7 Å². The fourth-order valence-corrected chi connectivity index (χ4v) is 3.99. The van der Waals surface area contributed by atoms with E-state index in [9.17, 15) is 9.59 Å². The first-order valence-corrected chi connectivity index (χ1v) is 8.71. The van der Waals surface area contributed by atoms with E-state index in [1.807, 2.05) is 35.2 Å². The molecule has 5 heteroatoms. The Morgan fingerprint density at radius 1 is 1.28 bits per heavy atom. The van der Waals surface area contributed by atoms with E-state index in [-0.39, 0.29) is 29.5 Å². The molecule has 2 aromatic rings. The van der Waals surface area contributed by atoms with E-state index >= 15 is 0 Å². The lowest BCUT2D eigenvalue weighted by Crippen LogP contribution is -2.66. The summed E-state index contributed by atoms with van der Waals surface area (Å²) in [5.41, 5.74) is 1.44. The van der Waals surface area contributed by atoms with Gasteiger partial charge in [-0.1, -0.05) is 58.0 Å². The molecule has 1 atom stereocenters. The third kappa shape index (κ3) is 3.36. The number of rotatable bonds is 4. The molecule has 3 rings (SSSR count). The van der Waals surface area contributed by atoms with Gasteiger partial charge in [-0.15, -0.1) is 0 Å². The van der Waals surface area contributed by atoms with E-state index in [0.29, 0.717) is 11.6 Å². The van der Waals surface area contributed by atoms with Crippen LogP contribution in [-0.2, 0) is 11.3 Å². The monoisotopic (exact) mass is 339 g/mol. The molecule has 2 heterocycles. The van der Waals surface area contributed by atoms with Gasteiger partial charge in [-0.25, -0.2) is 4.98 Å². The predicted molar refractivity (Wildman–Crippen MR) is 98.1 cm³/mol.